The standard InChI is InChI=1S/C18H24N2O3/c1-13-8-14(10-15(9-13)16-11-19-12-22-16)6-5-7-20-17(21)23-18(2,3)4/h8-12H,5-7H2,1-4H3,(H,20,21). The minimum absolute atomic E-state index is 0.371. The lowest BCUT2D eigenvalue weighted by molar-refractivity contribution is 0.0527. The number of aromatic nitrogens is 1. The largest absolute Gasteiger partial charge is 0.444 e. The number of rotatable bonds is 5. The Bertz CT molecular complexity index is 643. The predicted octanol–water partition coefficient (Wildman–Crippen LogP) is 4.11. The van der Waals surface area contributed by atoms with Gasteiger partial charge < -0.3 is 14.5 Å². The van der Waals surface area contributed by atoms with Crippen LogP contribution in [0.5, 0.6) is 0 Å². The van der Waals surface area contributed by atoms with Crippen LogP contribution in [0, 0.1) is 6.92 Å². The van der Waals surface area contributed by atoms with Gasteiger partial charge in [-0.05, 0) is 58.2 Å². The van der Waals surface area contributed by atoms with E-state index < -0.39 is 5.60 Å². The topological polar surface area (TPSA) is 64.4 Å². The van der Waals surface area contributed by atoms with Crippen molar-refractivity contribution in [1.82, 2.24) is 10.3 Å². The maximum absolute atomic E-state index is 11.6. The highest BCUT2D eigenvalue weighted by Crippen LogP contribution is 2.22. The van der Waals surface area contributed by atoms with E-state index in [4.69, 9.17) is 9.15 Å². The molecule has 124 valence electrons. The number of hydrogen-bond acceptors (Lipinski definition) is 4. The fourth-order valence-electron chi connectivity index (χ4n) is 2.30. The van der Waals surface area contributed by atoms with Gasteiger partial charge in [-0.1, -0.05) is 11.6 Å². The van der Waals surface area contributed by atoms with Gasteiger partial charge in [0.05, 0.1) is 6.20 Å². The van der Waals surface area contributed by atoms with Crippen molar-refractivity contribution < 1.29 is 13.9 Å². The normalized spacial score (nSPS) is 11.3. The number of nitrogens with zero attached hydrogens (tertiary/aromatic N) is 1. The molecule has 0 unspecified atom stereocenters. The summed E-state index contributed by atoms with van der Waals surface area (Å²) < 4.78 is 10.6. The monoisotopic (exact) mass is 316 g/mol. The molecule has 0 atom stereocenters. The number of carbonyl (C=O) groups excluding carboxylic acids is 1. The molecule has 0 aliphatic heterocycles. The summed E-state index contributed by atoms with van der Waals surface area (Å²) in [5.74, 6) is 0.766. The first-order chi connectivity index (χ1) is 10.8. The number of oxazole rings is 1. The fourth-order valence-corrected chi connectivity index (χ4v) is 2.30. The molecule has 2 rings (SSSR count). The van der Waals surface area contributed by atoms with E-state index in [0.717, 1.165) is 24.2 Å². The Hall–Kier alpha value is -2.30. The van der Waals surface area contributed by atoms with Crippen molar-refractivity contribution in [3.63, 3.8) is 0 Å². The van der Waals surface area contributed by atoms with Crippen molar-refractivity contribution in [2.75, 3.05) is 6.54 Å². The van der Waals surface area contributed by atoms with E-state index >= 15 is 0 Å². The zero-order valence-electron chi connectivity index (χ0n) is 14.2. The molecule has 0 aliphatic rings. The van der Waals surface area contributed by atoms with Gasteiger partial charge in [-0.15, -0.1) is 0 Å². The molecule has 0 aliphatic carbocycles. The summed E-state index contributed by atoms with van der Waals surface area (Å²) >= 11 is 0. The average molecular weight is 316 g/mol. The van der Waals surface area contributed by atoms with E-state index in [9.17, 15) is 4.79 Å². The third-order valence-corrected chi connectivity index (χ3v) is 3.16. The fraction of sp³-hybridized carbons (Fsp3) is 0.444. The van der Waals surface area contributed by atoms with Gasteiger partial charge >= 0.3 is 6.09 Å². The second-order valence-electron chi connectivity index (χ2n) is 6.61. The molecule has 0 fully saturated rings. The zero-order valence-corrected chi connectivity index (χ0v) is 14.2. The minimum atomic E-state index is -0.466. The first kappa shape index (κ1) is 17.1. The van der Waals surface area contributed by atoms with Crippen molar-refractivity contribution in [2.24, 2.45) is 0 Å². The lowest BCUT2D eigenvalue weighted by atomic mass is 10.0. The summed E-state index contributed by atoms with van der Waals surface area (Å²) in [4.78, 5) is 15.5. The molecule has 2 aromatic rings. The highest BCUT2D eigenvalue weighted by Gasteiger charge is 2.15. The second kappa shape index (κ2) is 7.31. The van der Waals surface area contributed by atoms with Gasteiger partial charge in [-0.2, -0.15) is 0 Å². The third kappa shape index (κ3) is 5.77. The predicted molar refractivity (Wildman–Crippen MR) is 89.2 cm³/mol. The molecule has 5 nitrogen and oxygen atoms in total. The van der Waals surface area contributed by atoms with E-state index in [-0.39, 0.29) is 6.09 Å². The molecule has 1 aromatic carbocycles. The van der Waals surface area contributed by atoms with Gasteiger partial charge in [0.1, 0.15) is 5.60 Å². The zero-order chi connectivity index (χ0) is 16.9. The lowest BCUT2D eigenvalue weighted by Gasteiger charge is -2.19. The molecular weight excluding hydrogens is 292 g/mol. The van der Waals surface area contributed by atoms with Crippen LogP contribution in [0.15, 0.2) is 35.2 Å². The van der Waals surface area contributed by atoms with E-state index in [0.29, 0.717) is 6.54 Å². The van der Waals surface area contributed by atoms with Crippen LogP contribution in [0.1, 0.15) is 38.3 Å². The van der Waals surface area contributed by atoms with Gasteiger partial charge in [0.15, 0.2) is 12.2 Å². The van der Waals surface area contributed by atoms with Crippen LogP contribution in [0.25, 0.3) is 11.3 Å². The quantitative estimate of drug-likeness (QED) is 0.843. The van der Waals surface area contributed by atoms with Crippen LogP contribution in [0.3, 0.4) is 0 Å². The molecule has 1 amide bonds. The van der Waals surface area contributed by atoms with Gasteiger partial charge in [0, 0.05) is 12.1 Å². The van der Waals surface area contributed by atoms with Crippen LogP contribution in [-0.2, 0) is 11.2 Å². The minimum Gasteiger partial charge on any atom is -0.444 e. The summed E-state index contributed by atoms with van der Waals surface area (Å²) in [6, 6.07) is 6.32. The number of benzene rings is 1. The molecule has 0 radical (unpaired) electrons. The lowest BCUT2D eigenvalue weighted by Crippen LogP contribution is -2.33. The SMILES string of the molecule is Cc1cc(CCCNC(=O)OC(C)(C)C)cc(-c2cnco2)c1. The number of nitrogens with one attached hydrogen (secondary N) is 1. The molecule has 0 saturated carbocycles. The summed E-state index contributed by atoms with van der Waals surface area (Å²) in [6.07, 6.45) is 4.49. The molecule has 0 spiro atoms. The number of carbonyl (C=O) groups is 1. The molecule has 0 bridgehead atoms. The van der Waals surface area contributed by atoms with Crippen molar-refractivity contribution in [1.29, 1.82) is 0 Å². The molecule has 5 heteroatoms. The summed E-state index contributed by atoms with van der Waals surface area (Å²) in [5, 5.41) is 2.78. The number of ether oxygens (including phenoxy) is 1. The van der Waals surface area contributed by atoms with E-state index in [1.54, 1.807) is 6.20 Å². The first-order valence-corrected chi connectivity index (χ1v) is 7.80. The Balaban J connectivity index is 1.86. The summed E-state index contributed by atoms with van der Waals surface area (Å²) in [7, 11) is 0. The molecule has 1 heterocycles. The van der Waals surface area contributed by atoms with Crippen LogP contribution in [-0.4, -0.2) is 23.2 Å². The maximum Gasteiger partial charge on any atom is 0.407 e. The van der Waals surface area contributed by atoms with Crippen molar-refractivity contribution in [3.8, 4) is 11.3 Å². The summed E-state index contributed by atoms with van der Waals surface area (Å²) in [6.45, 7) is 8.20. The second-order valence-corrected chi connectivity index (χ2v) is 6.61. The van der Waals surface area contributed by atoms with E-state index in [1.807, 2.05) is 20.8 Å². The van der Waals surface area contributed by atoms with Gasteiger partial charge in [0.25, 0.3) is 0 Å². The molecule has 1 N–H and O–H groups in total. The highest BCUT2D eigenvalue weighted by molar-refractivity contribution is 5.67. The molecule has 23 heavy (non-hydrogen) atoms. The third-order valence-electron chi connectivity index (χ3n) is 3.16. The maximum atomic E-state index is 11.6. The van der Waals surface area contributed by atoms with Crippen LogP contribution < -0.4 is 5.32 Å². The highest BCUT2D eigenvalue weighted by atomic mass is 16.6. The van der Waals surface area contributed by atoms with Crippen molar-refractivity contribution in [3.05, 3.63) is 41.9 Å². The number of aryl methyl sites for hydroxylation is 2. The van der Waals surface area contributed by atoms with E-state index in [2.05, 4.69) is 35.4 Å². The summed E-state index contributed by atoms with van der Waals surface area (Å²) in [5.41, 5.74) is 2.95. The van der Waals surface area contributed by atoms with Crippen molar-refractivity contribution in [2.45, 2.75) is 46.1 Å². The first-order valence-electron chi connectivity index (χ1n) is 7.80. The Morgan fingerprint density at radius 2 is 2.09 bits per heavy atom. The number of alkyl carbamates (subject to hydrolysis) is 1. The Morgan fingerprint density at radius 1 is 1.30 bits per heavy atom. The Labute approximate surface area is 137 Å². The Morgan fingerprint density at radius 3 is 2.74 bits per heavy atom. The van der Waals surface area contributed by atoms with E-state index in [1.165, 1.54) is 17.5 Å². The molecule has 1 aromatic heterocycles. The van der Waals surface area contributed by atoms with Gasteiger partial charge in [0.2, 0.25) is 0 Å². The van der Waals surface area contributed by atoms with Gasteiger partial charge in [-0.25, -0.2) is 9.78 Å². The average Bonchev–Trinajstić information content (AvgIpc) is 2.95. The van der Waals surface area contributed by atoms with Crippen molar-refractivity contribution >= 4 is 6.09 Å². The van der Waals surface area contributed by atoms with Gasteiger partial charge in [-0.3, -0.25) is 0 Å². The smallest absolute Gasteiger partial charge is 0.407 e. The molecule has 0 saturated heterocycles. The van der Waals surface area contributed by atoms with Crippen LogP contribution in [0.4, 0.5) is 4.79 Å². The van der Waals surface area contributed by atoms with Crippen LogP contribution in [0.2, 0.25) is 0 Å². The molecular formula is C18H24N2O3. The van der Waals surface area contributed by atoms with Crippen LogP contribution >= 0.6 is 0 Å². The number of amides is 1. The number of hydrogen-bond donors (Lipinski definition) is 1. The Kier molecular flexibility index (Phi) is 5.42.